The summed E-state index contributed by atoms with van der Waals surface area (Å²) in [6, 6.07) is 3.79. The van der Waals surface area contributed by atoms with Crippen LogP contribution in [0.4, 0.5) is 0 Å². The maximum atomic E-state index is 7.37. The topological polar surface area (TPSA) is 72.0 Å². The summed E-state index contributed by atoms with van der Waals surface area (Å²) in [6.07, 6.45) is 1.65. The van der Waals surface area contributed by atoms with Gasteiger partial charge in [-0.1, -0.05) is 0 Å². The SMILES string of the molecule is N=C(N)c1ncccc1SC1COC1. The van der Waals surface area contributed by atoms with Gasteiger partial charge in [-0.15, -0.1) is 11.8 Å². The van der Waals surface area contributed by atoms with Gasteiger partial charge in [-0.3, -0.25) is 10.4 Å². The van der Waals surface area contributed by atoms with Crippen LogP contribution < -0.4 is 5.73 Å². The lowest BCUT2D eigenvalue weighted by molar-refractivity contribution is 0.0455. The second kappa shape index (κ2) is 3.98. The number of amidine groups is 1. The molecular formula is C9H11N3OS. The molecule has 1 aromatic heterocycles. The largest absolute Gasteiger partial charge is 0.382 e. The molecule has 4 nitrogen and oxygen atoms in total. The zero-order valence-electron chi connectivity index (χ0n) is 7.56. The number of nitrogens with two attached hydrogens (primary N) is 1. The molecule has 3 N–H and O–H groups in total. The number of hydrogen-bond acceptors (Lipinski definition) is 4. The van der Waals surface area contributed by atoms with Crippen molar-refractivity contribution in [2.75, 3.05) is 13.2 Å². The molecule has 2 heterocycles. The summed E-state index contributed by atoms with van der Waals surface area (Å²) in [5.74, 6) is 0.0216. The predicted molar refractivity (Wildman–Crippen MR) is 55.7 cm³/mol. The molecule has 1 aliphatic heterocycles. The zero-order chi connectivity index (χ0) is 9.97. The first-order valence-electron chi connectivity index (χ1n) is 4.31. The van der Waals surface area contributed by atoms with Crippen LogP contribution in [0.1, 0.15) is 5.69 Å². The van der Waals surface area contributed by atoms with E-state index in [0.29, 0.717) is 10.9 Å². The monoisotopic (exact) mass is 209 g/mol. The lowest BCUT2D eigenvalue weighted by Crippen LogP contribution is -2.30. The van der Waals surface area contributed by atoms with Gasteiger partial charge < -0.3 is 10.5 Å². The van der Waals surface area contributed by atoms with Crippen molar-refractivity contribution in [3.8, 4) is 0 Å². The van der Waals surface area contributed by atoms with Gasteiger partial charge in [0.25, 0.3) is 0 Å². The lowest BCUT2D eigenvalue weighted by atomic mass is 10.3. The van der Waals surface area contributed by atoms with Gasteiger partial charge in [0.1, 0.15) is 11.5 Å². The van der Waals surface area contributed by atoms with Crippen LogP contribution in [-0.4, -0.2) is 29.3 Å². The number of ether oxygens (including phenoxy) is 1. The Morgan fingerprint density at radius 1 is 1.64 bits per heavy atom. The van der Waals surface area contributed by atoms with Crippen molar-refractivity contribution < 1.29 is 4.74 Å². The van der Waals surface area contributed by atoms with Crippen molar-refractivity contribution in [1.82, 2.24) is 4.98 Å². The molecule has 0 unspecified atom stereocenters. The summed E-state index contributed by atoms with van der Waals surface area (Å²) in [5, 5.41) is 7.85. The van der Waals surface area contributed by atoms with E-state index in [1.807, 2.05) is 12.1 Å². The highest BCUT2D eigenvalue weighted by atomic mass is 32.2. The van der Waals surface area contributed by atoms with Gasteiger partial charge in [0.15, 0.2) is 0 Å². The third kappa shape index (κ3) is 1.88. The molecule has 2 rings (SSSR count). The molecule has 0 saturated carbocycles. The quantitative estimate of drug-likeness (QED) is 0.572. The average molecular weight is 209 g/mol. The third-order valence-electron chi connectivity index (χ3n) is 1.93. The Bertz CT molecular complexity index is 352. The Morgan fingerprint density at radius 2 is 2.43 bits per heavy atom. The molecule has 0 aliphatic carbocycles. The molecule has 1 aliphatic rings. The number of pyridine rings is 1. The number of thioether (sulfide) groups is 1. The van der Waals surface area contributed by atoms with Crippen LogP contribution in [0.5, 0.6) is 0 Å². The summed E-state index contributed by atoms with van der Waals surface area (Å²) in [6.45, 7) is 1.55. The smallest absolute Gasteiger partial charge is 0.142 e. The highest BCUT2D eigenvalue weighted by molar-refractivity contribution is 8.00. The molecule has 0 radical (unpaired) electrons. The van der Waals surface area contributed by atoms with Crippen molar-refractivity contribution in [2.24, 2.45) is 5.73 Å². The molecule has 74 valence electrons. The highest BCUT2D eigenvalue weighted by Gasteiger charge is 2.21. The van der Waals surface area contributed by atoms with Crippen molar-refractivity contribution in [3.05, 3.63) is 24.0 Å². The molecule has 1 aromatic rings. The second-order valence-electron chi connectivity index (χ2n) is 3.04. The molecular weight excluding hydrogens is 198 g/mol. The maximum absolute atomic E-state index is 7.37. The molecule has 5 heteroatoms. The van der Waals surface area contributed by atoms with Gasteiger partial charge in [0.2, 0.25) is 0 Å². The lowest BCUT2D eigenvalue weighted by Gasteiger charge is -2.25. The van der Waals surface area contributed by atoms with Gasteiger partial charge >= 0.3 is 0 Å². The van der Waals surface area contributed by atoms with Crippen LogP contribution in [0.25, 0.3) is 0 Å². The van der Waals surface area contributed by atoms with Gasteiger partial charge in [-0.05, 0) is 12.1 Å². The molecule has 0 bridgehead atoms. The van der Waals surface area contributed by atoms with Gasteiger partial charge in [-0.2, -0.15) is 0 Å². The number of rotatable bonds is 3. The first-order valence-corrected chi connectivity index (χ1v) is 5.19. The summed E-state index contributed by atoms with van der Waals surface area (Å²) < 4.78 is 5.08. The van der Waals surface area contributed by atoms with Crippen LogP contribution >= 0.6 is 11.8 Å². The third-order valence-corrected chi connectivity index (χ3v) is 3.12. The standard InChI is InChI=1S/C9H11N3OS/c10-9(11)8-7(2-1-3-12-8)14-6-4-13-5-6/h1-3,6H,4-5H2,(H3,10,11). The van der Waals surface area contributed by atoms with E-state index >= 15 is 0 Å². The van der Waals surface area contributed by atoms with E-state index in [4.69, 9.17) is 15.9 Å². The van der Waals surface area contributed by atoms with E-state index in [0.717, 1.165) is 18.1 Å². The van der Waals surface area contributed by atoms with Crippen molar-refractivity contribution in [2.45, 2.75) is 10.1 Å². The predicted octanol–water partition coefficient (Wildman–Crippen LogP) is 0.857. The van der Waals surface area contributed by atoms with Gasteiger partial charge in [-0.25, -0.2) is 0 Å². The van der Waals surface area contributed by atoms with Crippen LogP contribution in [0.2, 0.25) is 0 Å². The second-order valence-corrected chi connectivity index (χ2v) is 4.38. The fraction of sp³-hybridized carbons (Fsp3) is 0.333. The van der Waals surface area contributed by atoms with Crippen molar-refractivity contribution >= 4 is 17.6 Å². The molecule has 1 fully saturated rings. The Balaban J connectivity index is 2.17. The number of nitrogen functional groups attached to an aromatic ring is 1. The van der Waals surface area contributed by atoms with Crippen LogP contribution in [0, 0.1) is 5.41 Å². The summed E-state index contributed by atoms with van der Waals surface area (Å²) >= 11 is 1.68. The van der Waals surface area contributed by atoms with Crippen LogP contribution in [0.3, 0.4) is 0 Å². The minimum absolute atomic E-state index is 0.0216. The number of nitrogens with zero attached hydrogens (tertiary/aromatic N) is 1. The first-order chi connectivity index (χ1) is 6.77. The average Bonchev–Trinajstić information content (AvgIpc) is 2.12. The zero-order valence-corrected chi connectivity index (χ0v) is 8.38. The molecule has 0 atom stereocenters. The summed E-state index contributed by atoms with van der Waals surface area (Å²) in [4.78, 5) is 5.04. The number of aromatic nitrogens is 1. The van der Waals surface area contributed by atoms with E-state index in [1.165, 1.54) is 0 Å². The van der Waals surface area contributed by atoms with Crippen molar-refractivity contribution in [3.63, 3.8) is 0 Å². The Hall–Kier alpha value is -1.07. The normalized spacial score (nSPS) is 16.3. The fourth-order valence-corrected chi connectivity index (χ4v) is 2.27. The molecule has 0 amide bonds. The Labute approximate surface area is 86.4 Å². The van der Waals surface area contributed by atoms with Crippen molar-refractivity contribution in [1.29, 1.82) is 5.41 Å². The fourth-order valence-electron chi connectivity index (χ4n) is 1.15. The minimum Gasteiger partial charge on any atom is -0.382 e. The van der Waals surface area contributed by atoms with Crippen LogP contribution in [-0.2, 0) is 4.74 Å². The van der Waals surface area contributed by atoms with E-state index in [2.05, 4.69) is 4.98 Å². The van der Waals surface area contributed by atoms with E-state index < -0.39 is 0 Å². The first kappa shape index (κ1) is 9.48. The van der Waals surface area contributed by atoms with E-state index in [1.54, 1.807) is 18.0 Å². The highest BCUT2D eigenvalue weighted by Crippen LogP contribution is 2.29. The van der Waals surface area contributed by atoms with E-state index in [-0.39, 0.29) is 5.84 Å². The summed E-state index contributed by atoms with van der Waals surface area (Å²) in [5.41, 5.74) is 6.00. The number of hydrogen-bond donors (Lipinski definition) is 2. The van der Waals surface area contributed by atoms with Gasteiger partial charge in [0.05, 0.1) is 18.5 Å². The maximum Gasteiger partial charge on any atom is 0.142 e. The minimum atomic E-state index is 0.0216. The Morgan fingerprint density at radius 3 is 3.00 bits per heavy atom. The summed E-state index contributed by atoms with van der Waals surface area (Å²) in [7, 11) is 0. The van der Waals surface area contributed by atoms with E-state index in [9.17, 15) is 0 Å². The number of nitrogens with one attached hydrogen (secondary N) is 1. The van der Waals surface area contributed by atoms with Gasteiger partial charge in [0, 0.05) is 11.1 Å². The molecule has 1 saturated heterocycles. The molecule has 14 heavy (non-hydrogen) atoms. The Kier molecular flexibility index (Phi) is 2.69. The molecule has 0 aromatic carbocycles. The molecule has 0 spiro atoms. The van der Waals surface area contributed by atoms with Crippen LogP contribution in [0.15, 0.2) is 23.2 Å².